The third-order valence-electron chi connectivity index (χ3n) is 2.87. The summed E-state index contributed by atoms with van der Waals surface area (Å²) in [7, 11) is 0. The van der Waals surface area contributed by atoms with Crippen molar-refractivity contribution in [2.75, 3.05) is 17.2 Å². The number of halogens is 1. The largest absolute Gasteiger partial charge is 0.376 e. The molecule has 0 bridgehead atoms. The van der Waals surface area contributed by atoms with Gasteiger partial charge in [-0.3, -0.25) is 9.59 Å². The molecule has 0 aliphatic carbocycles. The number of hydrogen-bond donors (Lipinski definition) is 2. The Hall–Kier alpha value is -2.33. The summed E-state index contributed by atoms with van der Waals surface area (Å²) >= 11 is 5.78. The maximum absolute atomic E-state index is 11.8. The van der Waals surface area contributed by atoms with Gasteiger partial charge in [0.05, 0.1) is 6.54 Å². The van der Waals surface area contributed by atoms with Gasteiger partial charge in [0.1, 0.15) is 0 Å². The quantitative estimate of drug-likeness (QED) is 0.830. The maximum Gasteiger partial charge on any atom is 0.243 e. The molecule has 2 N–H and O–H groups in total. The number of benzene rings is 2. The van der Waals surface area contributed by atoms with Crippen LogP contribution in [0, 0.1) is 0 Å². The molecule has 0 heterocycles. The van der Waals surface area contributed by atoms with Crippen LogP contribution in [0.25, 0.3) is 0 Å². The Bertz CT molecular complexity index is 636. The number of nitrogens with one attached hydrogen (secondary N) is 2. The highest BCUT2D eigenvalue weighted by Gasteiger charge is 2.03. The molecule has 21 heavy (non-hydrogen) atoms. The fourth-order valence-corrected chi connectivity index (χ4v) is 1.87. The molecule has 1 amide bonds. The molecule has 0 aromatic heterocycles. The van der Waals surface area contributed by atoms with Crippen LogP contribution in [-0.4, -0.2) is 18.2 Å². The van der Waals surface area contributed by atoms with Gasteiger partial charge in [-0.05, 0) is 55.5 Å². The Morgan fingerprint density at radius 2 is 1.52 bits per heavy atom. The number of amides is 1. The molecule has 0 aliphatic rings. The van der Waals surface area contributed by atoms with Crippen LogP contribution in [-0.2, 0) is 4.79 Å². The normalized spacial score (nSPS) is 10.0. The minimum absolute atomic E-state index is 0.0158. The standard InChI is InChI=1S/C16H15ClN2O2/c1-11(20)12-2-6-14(7-3-12)18-10-16(21)19-15-8-4-13(17)5-9-15/h2-9,18H,10H2,1H3,(H,19,21). The van der Waals surface area contributed by atoms with Crippen molar-refractivity contribution in [3.05, 3.63) is 59.1 Å². The molecule has 0 fully saturated rings. The highest BCUT2D eigenvalue weighted by molar-refractivity contribution is 6.30. The van der Waals surface area contributed by atoms with Crippen LogP contribution >= 0.6 is 11.6 Å². The molecule has 0 unspecified atom stereocenters. The van der Waals surface area contributed by atoms with Gasteiger partial charge in [0, 0.05) is 22.0 Å². The van der Waals surface area contributed by atoms with E-state index in [1.165, 1.54) is 6.92 Å². The van der Waals surface area contributed by atoms with Crippen LogP contribution in [0.15, 0.2) is 48.5 Å². The van der Waals surface area contributed by atoms with Gasteiger partial charge >= 0.3 is 0 Å². The first-order valence-corrected chi connectivity index (χ1v) is 6.83. The third-order valence-corrected chi connectivity index (χ3v) is 3.12. The Morgan fingerprint density at radius 3 is 2.10 bits per heavy atom. The zero-order valence-corrected chi connectivity index (χ0v) is 12.3. The Kier molecular flexibility index (Phi) is 4.95. The molecule has 5 heteroatoms. The molecular weight excluding hydrogens is 288 g/mol. The summed E-state index contributed by atoms with van der Waals surface area (Å²) in [6.07, 6.45) is 0. The molecule has 0 aliphatic heterocycles. The van der Waals surface area contributed by atoms with Crippen molar-refractivity contribution in [2.24, 2.45) is 0 Å². The molecule has 2 aromatic rings. The van der Waals surface area contributed by atoms with Crippen molar-refractivity contribution in [3.63, 3.8) is 0 Å². The van der Waals surface area contributed by atoms with E-state index < -0.39 is 0 Å². The van der Waals surface area contributed by atoms with E-state index in [4.69, 9.17) is 11.6 Å². The van der Waals surface area contributed by atoms with Crippen LogP contribution in [0.1, 0.15) is 17.3 Å². The minimum atomic E-state index is -0.159. The fourth-order valence-electron chi connectivity index (χ4n) is 1.74. The number of carbonyl (C=O) groups excluding carboxylic acids is 2. The second kappa shape index (κ2) is 6.90. The summed E-state index contributed by atoms with van der Waals surface area (Å²) in [6, 6.07) is 13.9. The summed E-state index contributed by atoms with van der Waals surface area (Å²) in [6.45, 7) is 1.66. The van der Waals surface area contributed by atoms with Gasteiger partial charge < -0.3 is 10.6 Å². The summed E-state index contributed by atoms with van der Waals surface area (Å²) in [4.78, 5) is 22.9. The smallest absolute Gasteiger partial charge is 0.243 e. The lowest BCUT2D eigenvalue weighted by Crippen LogP contribution is -2.21. The number of rotatable bonds is 5. The highest BCUT2D eigenvalue weighted by atomic mass is 35.5. The van der Waals surface area contributed by atoms with E-state index in [0.29, 0.717) is 16.3 Å². The van der Waals surface area contributed by atoms with Crippen LogP contribution in [0.2, 0.25) is 5.02 Å². The van der Waals surface area contributed by atoms with Gasteiger partial charge in [-0.25, -0.2) is 0 Å². The fraction of sp³-hybridized carbons (Fsp3) is 0.125. The predicted octanol–water partition coefficient (Wildman–Crippen LogP) is 3.59. The second-order valence-corrected chi connectivity index (χ2v) is 4.98. The van der Waals surface area contributed by atoms with E-state index >= 15 is 0 Å². The van der Waals surface area contributed by atoms with Crippen molar-refractivity contribution >= 4 is 34.7 Å². The molecule has 0 saturated carbocycles. The zero-order chi connectivity index (χ0) is 15.2. The van der Waals surface area contributed by atoms with Gasteiger partial charge in [-0.1, -0.05) is 11.6 Å². The topological polar surface area (TPSA) is 58.2 Å². The summed E-state index contributed by atoms with van der Waals surface area (Å²) in [5, 5.41) is 6.37. The summed E-state index contributed by atoms with van der Waals surface area (Å²) in [5.41, 5.74) is 2.12. The Morgan fingerprint density at radius 1 is 0.952 bits per heavy atom. The number of carbonyl (C=O) groups is 2. The van der Waals surface area contributed by atoms with E-state index in [9.17, 15) is 9.59 Å². The van der Waals surface area contributed by atoms with Crippen LogP contribution in [0.5, 0.6) is 0 Å². The molecule has 0 spiro atoms. The van der Waals surface area contributed by atoms with E-state index in [2.05, 4.69) is 10.6 Å². The molecule has 0 saturated heterocycles. The van der Waals surface area contributed by atoms with Crippen molar-refractivity contribution in [1.82, 2.24) is 0 Å². The Balaban J connectivity index is 1.86. The lowest BCUT2D eigenvalue weighted by atomic mass is 10.1. The van der Waals surface area contributed by atoms with Crippen LogP contribution in [0.4, 0.5) is 11.4 Å². The first-order valence-electron chi connectivity index (χ1n) is 6.45. The lowest BCUT2D eigenvalue weighted by Gasteiger charge is -2.08. The zero-order valence-electron chi connectivity index (χ0n) is 11.5. The molecule has 108 valence electrons. The lowest BCUT2D eigenvalue weighted by molar-refractivity contribution is -0.114. The van der Waals surface area contributed by atoms with E-state index in [0.717, 1.165) is 5.69 Å². The SMILES string of the molecule is CC(=O)c1ccc(NCC(=O)Nc2ccc(Cl)cc2)cc1. The van der Waals surface area contributed by atoms with Crippen molar-refractivity contribution in [2.45, 2.75) is 6.92 Å². The third kappa shape index (κ3) is 4.61. The first-order chi connectivity index (χ1) is 10.0. The Labute approximate surface area is 128 Å². The number of ketones is 1. The van der Waals surface area contributed by atoms with Gasteiger partial charge in [0.15, 0.2) is 5.78 Å². The average molecular weight is 303 g/mol. The first kappa shape index (κ1) is 15.1. The van der Waals surface area contributed by atoms with Crippen molar-refractivity contribution in [1.29, 1.82) is 0 Å². The van der Waals surface area contributed by atoms with E-state index in [-0.39, 0.29) is 18.2 Å². The van der Waals surface area contributed by atoms with Crippen molar-refractivity contribution < 1.29 is 9.59 Å². The van der Waals surface area contributed by atoms with Gasteiger partial charge in [-0.15, -0.1) is 0 Å². The maximum atomic E-state index is 11.8. The monoisotopic (exact) mass is 302 g/mol. The minimum Gasteiger partial charge on any atom is -0.376 e. The van der Waals surface area contributed by atoms with Gasteiger partial charge in [0.25, 0.3) is 0 Å². The number of anilines is 2. The molecule has 0 atom stereocenters. The molecule has 4 nitrogen and oxygen atoms in total. The molecule has 2 rings (SSSR count). The molecule has 2 aromatic carbocycles. The highest BCUT2D eigenvalue weighted by Crippen LogP contribution is 2.13. The number of Topliss-reactive ketones (excluding diaryl/α,β-unsaturated/α-hetero) is 1. The van der Waals surface area contributed by atoms with Gasteiger partial charge in [-0.2, -0.15) is 0 Å². The second-order valence-electron chi connectivity index (χ2n) is 4.54. The van der Waals surface area contributed by atoms with E-state index in [1.54, 1.807) is 48.5 Å². The number of hydrogen-bond acceptors (Lipinski definition) is 3. The van der Waals surface area contributed by atoms with E-state index in [1.807, 2.05) is 0 Å². The predicted molar refractivity (Wildman–Crippen MR) is 85.0 cm³/mol. The summed E-state index contributed by atoms with van der Waals surface area (Å²) in [5.74, 6) is -0.144. The molecule has 0 radical (unpaired) electrons. The summed E-state index contributed by atoms with van der Waals surface area (Å²) < 4.78 is 0. The van der Waals surface area contributed by atoms with Crippen LogP contribution < -0.4 is 10.6 Å². The van der Waals surface area contributed by atoms with Gasteiger partial charge in [0.2, 0.25) is 5.91 Å². The average Bonchev–Trinajstić information content (AvgIpc) is 2.48. The molecular formula is C16H15ClN2O2. The van der Waals surface area contributed by atoms with Crippen molar-refractivity contribution in [3.8, 4) is 0 Å². The van der Waals surface area contributed by atoms with Crippen LogP contribution in [0.3, 0.4) is 0 Å².